The van der Waals surface area contributed by atoms with Crippen LogP contribution in [-0.2, 0) is 4.79 Å². The molecule has 1 aromatic carbocycles. The number of ether oxygens (including phenoxy) is 1. The van der Waals surface area contributed by atoms with Crippen molar-refractivity contribution in [3.8, 4) is 5.75 Å². The summed E-state index contributed by atoms with van der Waals surface area (Å²) in [5.41, 5.74) is 0. The Balaban J connectivity index is 1.92. The van der Waals surface area contributed by atoms with Crippen LogP contribution in [0.2, 0.25) is 0 Å². The molecule has 1 aliphatic heterocycles. The molecule has 1 aromatic rings. The molecule has 1 heterocycles. The van der Waals surface area contributed by atoms with E-state index in [0.29, 0.717) is 11.8 Å². The van der Waals surface area contributed by atoms with Crippen LogP contribution < -0.4 is 10.1 Å². The monoisotopic (exact) mass is 340 g/mol. The van der Waals surface area contributed by atoms with Gasteiger partial charge in [0.05, 0.1) is 0 Å². The largest absolute Gasteiger partial charge is 0.481 e. The summed E-state index contributed by atoms with van der Waals surface area (Å²) < 4.78 is 6.71. The van der Waals surface area contributed by atoms with Gasteiger partial charge in [0, 0.05) is 17.6 Å². The van der Waals surface area contributed by atoms with Gasteiger partial charge in [-0.25, -0.2) is 0 Å². The summed E-state index contributed by atoms with van der Waals surface area (Å²) in [6.07, 6.45) is 1.55. The second kappa shape index (κ2) is 7.09. The lowest BCUT2D eigenvalue weighted by Crippen LogP contribution is -2.48. The number of carbonyl (C=O) groups excluding carboxylic acids is 1. The number of carbonyl (C=O) groups is 1. The Morgan fingerprint density at radius 1 is 1.35 bits per heavy atom. The molecule has 20 heavy (non-hydrogen) atoms. The number of likely N-dealkylation sites (N-methyl/N-ethyl adjacent to an activating group) is 1. The van der Waals surface area contributed by atoms with Gasteiger partial charge in [-0.2, -0.15) is 0 Å². The Kier molecular flexibility index (Phi) is 5.43. The second-order valence-electron chi connectivity index (χ2n) is 5.14. The number of hydrogen-bond acceptors (Lipinski definition) is 3. The maximum atomic E-state index is 12.4. The van der Waals surface area contributed by atoms with Gasteiger partial charge < -0.3 is 15.0 Å². The van der Waals surface area contributed by atoms with Crippen molar-refractivity contribution in [1.82, 2.24) is 10.2 Å². The molecule has 0 aliphatic carbocycles. The van der Waals surface area contributed by atoms with Crippen LogP contribution in [0.5, 0.6) is 5.75 Å². The fraction of sp³-hybridized carbons (Fsp3) is 0.533. The highest BCUT2D eigenvalue weighted by Gasteiger charge is 2.26. The molecule has 1 atom stereocenters. The number of benzene rings is 1. The molecule has 1 amide bonds. The molecule has 1 N–H and O–H groups in total. The highest BCUT2D eigenvalue weighted by atomic mass is 79.9. The number of nitrogens with zero attached hydrogens (tertiary/aromatic N) is 1. The number of halogens is 1. The Labute approximate surface area is 128 Å². The van der Waals surface area contributed by atoms with Gasteiger partial charge in [0.15, 0.2) is 6.10 Å². The topological polar surface area (TPSA) is 41.6 Å². The summed E-state index contributed by atoms with van der Waals surface area (Å²) >= 11 is 3.38. The molecule has 1 unspecified atom stereocenters. The summed E-state index contributed by atoms with van der Waals surface area (Å²) in [6, 6.07) is 7.85. The molecule has 1 fully saturated rings. The number of amides is 1. The van der Waals surface area contributed by atoms with E-state index in [-0.39, 0.29) is 5.91 Å². The minimum absolute atomic E-state index is 0.0415. The molecule has 0 radical (unpaired) electrons. The van der Waals surface area contributed by atoms with Crippen molar-refractivity contribution >= 4 is 21.8 Å². The molecule has 0 bridgehead atoms. The molecule has 4 nitrogen and oxygen atoms in total. The van der Waals surface area contributed by atoms with Crippen LogP contribution >= 0.6 is 15.9 Å². The summed E-state index contributed by atoms with van der Waals surface area (Å²) in [6.45, 7) is 3.76. The van der Waals surface area contributed by atoms with Crippen molar-refractivity contribution in [2.24, 2.45) is 0 Å². The van der Waals surface area contributed by atoms with Crippen LogP contribution in [0.1, 0.15) is 19.8 Å². The maximum Gasteiger partial charge on any atom is 0.263 e. The van der Waals surface area contributed by atoms with Crippen LogP contribution in [0, 0.1) is 0 Å². The van der Waals surface area contributed by atoms with Crippen molar-refractivity contribution in [2.75, 3.05) is 20.1 Å². The van der Waals surface area contributed by atoms with Gasteiger partial charge in [-0.1, -0.05) is 15.9 Å². The lowest BCUT2D eigenvalue weighted by Gasteiger charge is -2.33. The van der Waals surface area contributed by atoms with E-state index in [4.69, 9.17) is 4.74 Å². The lowest BCUT2D eigenvalue weighted by molar-refractivity contribution is -0.139. The molecule has 0 aromatic heterocycles. The van der Waals surface area contributed by atoms with Gasteiger partial charge >= 0.3 is 0 Å². The van der Waals surface area contributed by atoms with Gasteiger partial charge in [0.25, 0.3) is 5.91 Å². The number of piperidine rings is 1. The quantitative estimate of drug-likeness (QED) is 0.915. The van der Waals surface area contributed by atoms with Crippen LogP contribution in [0.15, 0.2) is 28.7 Å². The average Bonchev–Trinajstić information content (AvgIpc) is 2.49. The Morgan fingerprint density at radius 2 is 1.95 bits per heavy atom. The van der Waals surface area contributed by atoms with Crippen LogP contribution in [-0.4, -0.2) is 43.1 Å². The second-order valence-corrected chi connectivity index (χ2v) is 6.06. The van der Waals surface area contributed by atoms with Crippen molar-refractivity contribution in [2.45, 2.75) is 31.9 Å². The minimum atomic E-state index is -0.462. The predicted octanol–water partition coefficient (Wildman–Crippen LogP) is 2.43. The highest BCUT2D eigenvalue weighted by Crippen LogP contribution is 2.18. The van der Waals surface area contributed by atoms with Crippen molar-refractivity contribution in [1.29, 1.82) is 0 Å². The van der Waals surface area contributed by atoms with Crippen molar-refractivity contribution in [3.63, 3.8) is 0 Å². The molecule has 1 saturated heterocycles. The van der Waals surface area contributed by atoms with E-state index < -0.39 is 6.10 Å². The SMILES string of the molecule is CC(Oc1ccc(Br)cc1)C(=O)N(C)C1CCNCC1. The van der Waals surface area contributed by atoms with Crippen LogP contribution in [0.3, 0.4) is 0 Å². The number of rotatable bonds is 4. The van der Waals surface area contributed by atoms with E-state index >= 15 is 0 Å². The summed E-state index contributed by atoms with van der Waals surface area (Å²) in [5.74, 6) is 0.757. The Hall–Kier alpha value is -1.07. The molecule has 0 saturated carbocycles. The normalized spacial score (nSPS) is 17.6. The van der Waals surface area contributed by atoms with Gasteiger partial charge in [-0.3, -0.25) is 4.79 Å². The van der Waals surface area contributed by atoms with Crippen molar-refractivity contribution < 1.29 is 9.53 Å². The first-order chi connectivity index (χ1) is 9.58. The molecule has 5 heteroatoms. The molecule has 1 aliphatic rings. The number of nitrogens with one attached hydrogen (secondary N) is 1. The molecular formula is C15H21BrN2O2. The zero-order valence-corrected chi connectivity index (χ0v) is 13.5. The lowest BCUT2D eigenvalue weighted by atomic mass is 10.0. The summed E-state index contributed by atoms with van der Waals surface area (Å²) in [7, 11) is 1.87. The first-order valence-corrected chi connectivity index (χ1v) is 7.77. The summed E-state index contributed by atoms with van der Waals surface area (Å²) in [4.78, 5) is 14.2. The maximum absolute atomic E-state index is 12.4. The Morgan fingerprint density at radius 3 is 2.55 bits per heavy atom. The number of hydrogen-bond donors (Lipinski definition) is 1. The fourth-order valence-electron chi connectivity index (χ4n) is 2.43. The molecule has 2 rings (SSSR count). The summed E-state index contributed by atoms with van der Waals surface area (Å²) in [5, 5.41) is 3.31. The minimum Gasteiger partial charge on any atom is -0.481 e. The third-order valence-corrected chi connectivity index (χ3v) is 4.21. The van der Waals surface area contributed by atoms with E-state index in [1.807, 2.05) is 43.1 Å². The Bertz CT molecular complexity index is 444. The van der Waals surface area contributed by atoms with E-state index in [1.165, 1.54) is 0 Å². The van der Waals surface area contributed by atoms with E-state index in [1.54, 1.807) is 0 Å². The van der Waals surface area contributed by atoms with E-state index in [9.17, 15) is 4.79 Å². The highest BCUT2D eigenvalue weighted by molar-refractivity contribution is 9.10. The van der Waals surface area contributed by atoms with Crippen LogP contribution in [0.4, 0.5) is 0 Å². The first kappa shape index (κ1) is 15.3. The van der Waals surface area contributed by atoms with E-state index in [0.717, 1.165) is 30.4 Å². The zero-order chi connectivity index (χ0) is 14.5. The first-order valence-electron chi connectivity index (χ1n) is 6.97. The fourth-order valence-corrected chi connectivity index (χ4v) is 2.69. The third kappa shape index (κ3) is 3.96. The molecular weight excluding hydrogens is 320 g/mol. The van der Waals surface area contributed by atoms with Crippen molar-refractivity contribution in [3.05, 3.63) is 28.7 Å². The van der Waals surface area contributed by atoms with E-state index in [2.05, 4.69) is 21.2 Å². The van der Waals surface area contributed by atoms with Gasteiger partial charge in [0.2, 0.25) is 0 Å². The smallest absolute Gasteiger partial charge is 0.263 e. The van der Waals surface area contributed by atoms with Gasteiger partial charge in [0.1, 0.15) is 5.75 Å². The van der Waals surface area contributed by atoms with Crippen LogP contribution in [0.25, 0.3) is 0 Å². The standard InChI is InChI=1S/C15H21BrN2O2/c1-11(20-14-5-3-12(16)4-6-14)15(19)18(2)13-7-9-17-10-8-13/h3-6,11,13,17H,7-10H2,1-2H3. The van der Waals surface area contributed by atoms with Gasteiger partial charge in [-0.15, -0.1) is 0 Å². The molecule has 0 spiro atoms. The predicted molar refractivity (Wildman–Crippen MR) is 82.9 cm³/mol. The molecule has 110 valence electrons. The average molecular weight is 341 g/mol. The van der Waals surface area contributed by atoms with Gasteiger partial charge in [-0.05, 0) is 57.1 Å². The zero-order valence-electron chi connectivity index (χ0n) is 11.9. The third-order valence-electron chi connectivity index (χ3n) is 3.68.